The zero-order valence-corrected chi connectivity index (χ0v) is 15.1. The second-order valence-electron chi connectivity index (χ2n) is 6.29. The minimum Gasteiger partial charge on any atom is -0.484 e. The molecule has 1 aromatic carbocycles. The molecule has 0 bridgehead atoms. The van der Waals surface area contributed by atoms with E-state index in [-0.39, 0.29) is 6.10 Å². The van der Waals surface area contributed by atoms with E-state index in [0.717, 1.165) is 18.6 Å². The molecule has 1 aliphatic heterocycles. The van der Waals surface area contributed by atoms with Gasteiger partial charge < -0.3 is 9.47 Å². The summed E-state index contributed by atoms with van der Waals surface area (Å²) in [5.74, 6) is 1.44. The number of aryl methyl sites for hydroxylation is 1. The summed E-state index contributed by atoms with van der Waals surface area (Å²) in [5.41, 5.74) is 2.18. The standard InChI is InChI=1S/C17H24O2S2/c1-11-6-8-14-13(10-11)12(2)7-9-15(17(3,4)19-14)18-16(20)21-5/h6,8,10,12,15H,7,9H2,1-5H3/t12-,15+/m0/s1. The molecule has 0 saturated heterocycles. The van der Waals surface area contributed by atoms with Crippen molar-refractivity contribution in [3.05, 3.63) is 29.3 Å². The Kier molecular flexibility index (Phi) is 5.20. The number of thiocarbonyl (C=S) groups is 1. The zero-order valence-electron chi connectivity index (χ0n) is 13.4. The van der Waals surface area contributed by atoms with Crippen molar-refractivity contribution in [1.29, 1.82) is 0 Å². The summed E-state index contributed by atoms with van der Waals surface area (Å²) in [6.45, 7) is 8.55. The largest absolute Gasteiger partial charge is 0.484 e. The molecule has 4 heteroatoms. The van der Waals surface area contributed by atoms with Crippen molar-refractivity contribution in [2.45, 2.75) is 58.2 Å². The third kappa shape index (κ3) is 3.92. The SMILES string of the molecule is CSC(=S)O[C@@H]1CC[C@H](C)c2cc(C)ccc2OC1(C)C. The summed E-state index contributed by atoms with van der Waals surface area (Å²) in [4.78, 5) is 0. The van der Waals surface area contributed by atoms with Gasteiger partial charge in [-0.25, -0.2) is 0 Å². The molecule has 0 spiro atoms. The van der Waals surface area contributed by atoms with E-state index in [1.165, 1.54) is 22.9 Å². The van der Waals surface area contributed by atoms with Crippen LogP contribution in [0.1, 0.15) is 50.7 Å². The Morgan fingerprint density at radius 2 is 2.10 bits per heavy atom. The molecule has 0 radical (unpaired) electrons. The van der Waals surface area contributed by atoms with Crippen LogP contribution in [0, 0.1) is 6.92 Å². The average Bonchev–Trinajstić information content (AvgIpc) is 2.43. The summed E-state index contributed by atoms with van der Waals surface area (Å²) < 4.78 is 12.9. The van der Waals surface area contributed by atoms with E-state index in [2.05, 4.69) is 45.9 Å². The first kappa shape index (κ1) is 16.6. The van der Waals surface area contributed by atoms with Crippen LogP contribution in [0.15, 0.2) is 18.2 Å². The maximum Gasteiger partial charge on any atom is 0.220 e. The van der Waals surface area contributed by atoms with E-state index < -0.39 is 5.60 Å². The predicted molar refractivity (Wildman–Crippen MR) is 94.5 cm³/mol. The lowest BCUT2D eigenvalue weighted by Gasteiger charge is -2.38. The molecule has 0 fully saturated rings. The van der Waals surface area contributed by atoms with Crippen LogP contribution >= 0.6 is 24.0 Å². The first-order valence-electron chi connectivity index (χ1n) is 7.37. The molecule has 0 amide bonds. The highest BCUT2D eigenvalue weighted by atomic mass is 32.2. The summed E-state index contributed by atoms with van der Waals surface area (Å²) in [6.07, 6.45) is 3.95. The smallest absolute Gasteiger partial charge is 0.220 e. The van der Waals surface area contributed by atoms with Gasteiger partial charge in [-0.15, -0.1) is 0 Å². The second kappa shape index (κ2) is 6.57. The Hall–Kier alpha value is -0.740. The van der Waals surface area contributed by atoms with Crippen molar-refractivity contribution >= 4 is 28.4 Å². The van der Waals surface area contributed by atoms with Crippen molar-refractivity contribution in [3.63, 3.8) is 0 Å². The van der Waals surface area contributed by atoms with Gasteiger partial charge in [0, 0.05) is 0 Å². The van der Waals surface area contributed by atoms with Gasteiger partial charge in [0.1, 0.15) is 17.5 Å². The van der Waals surface area contributed by atoms with Gasteiger partial charge in [0.15, 0.2) is 0 Å². The van der Waals surface area contributed by atoms with Crippen molar-refractivity contribution in [1.82, 2.24) is 0 Å². The predicted octanol–water partition coefficient (Wildman–Crippen LogP) is 5.08. The maximum atomic E-state index is 6.31. The van der Waals surface area contributed by atoms with Gasteiger partial charge in [0.05, 0.1) is 0 Å². The molecule has 0 aromatic heterocycles. The molecule has 2 rings (SSSR count). The first-order chi connectivity index (χ1) is 9.83. The summed E-state index contributed by atoms with van der Waals surface area (Å²) in [6, 6.07) is 6.42. The monoisotopic (exact) mass is 324 g/mol. The molecular weight excluding hydrogens is 300 g/mol. The van der Waals surface area contributed by atoms with Crippen LogP contribution < -0.4 is 4.74 Å². The molecular formula is C17H24O2S2. The quantitative estimate of drug-likeness (QED) is 0.670. The summed E-state index contributed by atoms with van der Waals surface area (Å²) in [5, 5.41) is 0. The van der Waals surface area contributed by atoms with E-state index in [9.17, 15) is 0 Å². The number of hydrogen-bond acceptors (Lipinski definition) is 4. The Balaban J connectivity index is 2.31. The normalized spacial score (nSPS) is 24.2. The van der Waals surface area contributed by atoms with E-state index in [0.29, 0.717) is 10.3 Å². The third-order valence-electron chi connectivity index (χ3n) is 4.11. The van der Waals surface area contributed by atoms with Gasteiger partial charge in [-0.3, -0.25) is 0 Å². The fraction of sp³-hybridized carbons (Fsp3) is 0.588. The minimum absolute atomic E-state index is 0.0191. The molecule has 21 heavy (non-hydrogen) atoms. The number of hydrogen-bond donors (Lipinski definition) is 0. The molecule has 0 N–H and O–H groups in total. The van der Waals surface area contributed by atoms with Gasteiger partial charge in [-0.1, -0.05) is 36.4 Å². The van der Waals surface area contributed by atoms with Gasteiger partial charge in [0.2, 0.25) is 4.38 Å². The van der Waals surface area contributed by atoms with Gasteiger partial charge >= 0.3 is 0 Å². The number of ether oxygens (including phenoxy) is 2. The van der Waals surface area contributed by atoms with Crippen LogP contribution in [-0.4, -0.2) is 22.3 Å². The van der Waals surface area contributed by atoms with Crippen molar-refractivity contribution in [3.8, 4) is 5.75 Å². The Morgan fingerprint density at radius 1 is 1.38 bits per heavy atom. The molecule has 0 unspecified atom stereocenters. The highest BCUT2D eigenvalue weighted by Gasteiger charge is 2.37. The van der Waals surface area contributed by atoms with Crippen LogP contribution in [0.25, 0.3) is 0 Å². The van der Waals surface area contributed by atoms with Crippen LogP contribution in [-0.2, 0) is 4.74 Å². The topological polar surface area (TPSA) is 18.5 Å². The minimum atomic E-state index is -0.399. The zero-order chi connectivity index (χ0) is 15.6. The van der Waals surface area contributed by atoms with Crippen molar-refractivity contribution < 1.29 is 9.47 Å². The molecule has 1 aliphatic rings. The van der Waals surface area contributed by atoms with Crippen molar-refractivity contribution in [2.24, 2.45) is 0 Å². The molecule has 1 aromatic rings. The van der Waals surface area contributed by atoms with Crippen LogP contribution in [0.3, 0.4) is 0 Å². The van der Waals surface area contributed by atoms with E-state index in [1.807, 2.05) is 6.26 Å². The van der Waals surface area contributed by atoms with Crippen LogP contribution in [0.2, 0.25) is 0 Å². The highest BCUT2D eigenvalue weighted by Crippen LogP contribution is 2.38. The number of benzene rings is 1. The Bertz CT molecular complexity index is 526. The number of fused-ring (bicyclic) bond motifs is 1. The van der Waals surface area contributed by atoms with E-state index in [1.54, 1.807) is 0 Å². The molecule has 0 saturated carbocycles. The van der Waals surface area contributed by atoms with Gasteiger partial charge in [-0.2, -0.15) is 0 Å². The summed E-state index contributed by atoms with van der Waals surface area (Å²) in [7, 11) is 0. The van der Waals surface area contributed by atoms with E-state index >= 15 is 0 Å². The lowest BCUT2D eigenvalue weighted by molar-refractivity contribution is -0.0264. The van der Waals surface area contributed by atoms with Crippen LogP contribution in [0.5, 0.6) is 5.75 Å². The summed E-state index contributed by atoms with van der Waals surface area (Å²) >= 11 is 6.70. The second-order valence-corrected chi connectivity index (χ2v) is 7.69. The fourth-order valence-electron chi connectivity index (χ4n) is 2.76. The molecule has 2 atom stereocenters. The molecule has 2 nitrogen and oxygen atoms in total. The number of rotatable bonds is 1. The average molecular weight is 325 g/mol. The first-order valence-corrected chi connectivity index (χ1v) is 9.01. The van der Waals surface area contributed by atoms with Crippen LogP contribution in [0.4, 0.5) is 0 Å². The highest BCUT2D eigenvalue weighted by molar-refractivity contribution is 8.22. The fourth-order valence-corrected chi connectivity index (χ4v) is 3.09. The Labute approximate surface area is 137 Å². The van der Waals surface area contributed by atoms with Gasteiger partial charge in [0.25, 0.3) is 0 Å². The lowest BCUT2D eigenvalue weighted by atomic mass is 9.87. The third-order valence-corrected chi connectivity index (χ3v) is 5.14. The molecule has 0 aliphatic carbocycles. The maximum absolute atomic E-state index is 6.31. The van der Waals surface area contributed by atoms with Crippen molar-refractivity contribution in [2.75, 3.05) is 6.26 Å². The van der Waals surface area contributed by atoms with E-state index in [4.69, 9.17) is 21.7 Å². The van der Waals surface area contributed by atoms with Gasteiger partial charge in [-0.05, 0) is 69.6 Å². The molecule has 1 heterocycles. The molecule has 116 valence electrons. The number of thioether (sulfide) groups is 1. The Morgan fingerprint density at radius 3 is 2.76 bits per heavy atom. The lowest BCUT2D eigenvalue weighted by Crippen LogP contribution is -2.45.